The Kier molecular flexibility index (Phi) is 2.14. The van der Waals surface area contributed by atoms with Crippen LogP contribution in [0.2, 0.25) is 0 Å². The third-order valence-electron chi connectivity index (χ3n) is 3.22. The van der Waals surface area contributed by atoms with Gasteiger partial charge in [0.05, 0.1) is 6.10 Å². The topological polar surface area (TPSA) is 32.3 Å². The Bertz CT molecular complexity index is 136. The van der Waals surface area contributed by atoms with Gasteiger partial charge in [0.25, 0.3) is 0 Å². The van der Waals surface area contributed by atoms with Crippen molar-refractivity contribution in [1.82, 2.24) is 5.32 Å². The van der Waals surface area contributed by atoms with E-state index < -0.39 is 0 Å². The second kappa shape index (κ2) is 3.11. The quantitative estimate of drug-likeness (QED) is 0.541. The lowest BCUT2D eigenvalue weighted by Gasteiger charge is -2.39. The summed E-state index contributed by atoms with van der Waals surface area (Å²) in [7, 11) is 0. The summed E-state index contributed by atoms with van der Waals surface area (Å²) < 4.78 is 0. The summed E-state index contributed by atoms with van der Waals surface area (Å²) in [5, 5.41) is 12.9. The van der Waals surface area contributed by atoms with Crippen LogP contribution < -0.4 is 5.32 Å². The summed E-state index contributed by atoms with van der Waals surface area (Å²) in [6.07, 6.45) is 5.23. The minimum atomic E-state index is -0.0611. The zero-order valence-corrected chi connectivity index (χ0v) is 6.92. The fraction of sp³-hybridized carbons (Fsp3) is 1.00. The first-order chi connectivity index (χ1) is 5.38. The average molecular weight is 155 g/mol. The molecule has 1 heterocycles. The molecule has 2 aliphatic rings. The number of hydrogen-bond donors (Lipinski definition) is 2. The molecule has 2 N–H and O–H groups in total. The van der Waals surface area contributed by atoms with Crippen molar-refractivity contribution >= 4 is 0 Å². The van der Waals surface area contributed by atoms with Gasteiger partial charge in [0.2, 0.25) is 0 Å². The van der Waals surface area contributed by atoms with E-state index in [-0.39, 0.29) is 6.10 Å². The van der Waals surface area contributed by atoms with Crippen LogP contribution in [0, 0.1) is 11.8 Å². The Morgan fingerprint density at radius 2 is 1.91 bits per heavy atom. The third-order valence-corrected chi connectivity index (χ3v) is 3.22. The maximum Gasteiger partial charge on any atom is 0.0695 e. The highest BCUT2D eigenvalue weighted by molar-refractivity contribution is 4.86. The summed E-state index contributed by atoms with van der Waals surface area (Å²) in [5.41, 5.74) is 0. The fourth-order valence-corrected chi connectivity index (χ4v) is 2.56. The van der Waals surface area contributed by atoms with Crippen LogP contribution in [-0.4, -0.2) is 24.3 Å². The molecule has 0 aromatic rings. The SMILES string of the molecule is OC1CNCC2CCCCC12. The number of aliphatic hydroxyl groups is 1. The molecule has 1 aliphatic carbocycles. The molecule has 0 amide bonds. The van der Waals surface area contributed by atoms with Crippen LogP contribution in [0.25, 0.3) is 0 Å². The van der Waals surface area contributed by atoms with Crippen LogP contribution in [-0.2, 0) is 0 Å². The molecule has 1 saturated heterocycles. The van der Waals surface area contributed by atoms with E-state index in [0.717, 1.165) is 19.0 Å². The minimum Gasteiger partial charge on any atom is -0.392 e. The molecule has 2 rings (SSSR count). The Hall–Kier alpha value is -0.0800. The molecule has 1 saturated carbocycles. The number of β-amino-alcohol motifs (C(OH)–C–C–N with tert-alkyl or cyclic N) is 1. The van der Waals surface area contributed by atoms with E-state index in [4.69, 9.17) is 0 Å². The first kappa shape index (κ1) is 7.56. The largest absolute Gasteiger partial charge is 0.392 e. The molecule has 1 aliphatic heterocycles. The summed E-state index contributed by atoms with van der Waals surface area (Å²) in [4.78, 5) is 0. The van der Waals surface area contributed by atoms with E-state index in [1.165, 1.54) is 25.7 Å². The smallest absolute Gasteiger partial charge is 0.0695 e. The van der Waals surface area contributed by atoms with Gasteiger partial charge in [0.15, 0.2) is 0 Å². The van der Waals surface area contributed by atoms with Crippen LogP contribution in [0.3, 0.4) is 0 Å². The van der Waals surface area contributed by atoms with E-state index in [1.54, 1.807) is 0 Å². The van der Waals surface area contributed by atoms with Crippen molar-refractivity contribution in [2.45, 2.75) is 31.8 Å². The molecule has 2 fully saturated rings. The Labute approximate surface area is 68.0 Å². The molecule has 0 aromatic carbocycles. The van der Waals surface area contributed by atoms with E-state index in [2.05, 4.69) is 5.32 Å². The predicted molar refractivity (Wildman–Crippen MR) is 44.3 cm³/mol. The molecular weight excluding hydrogens is 138 g/mol. The number of hydrogen-bond acceptors (Lipinski definition) is 2. The monoisotopic (exact) mass is 155 g/mol. The molecule has 3 atom stereocenters. The summed E-state index contributed by atoms with van der Waals surface area (Å²) >= 11 is 0. The molecule has 11 heavy (non-hydrogen) atoms. The average Bonchev–Trinajstić information content (AvgIpc) is 2.06. The molecule has 0 bridgehead atoms. The van der Waals surface area contributed by atoms with Gasteiger partial charge in [-0.25, -0.2) is 0 Å². The van der Waals surface area contributed by atoms with Crippen molar-refractivity contribution in [2.75, 3.05) is 13.1 Å². The molecule has 2 nitrogen and oxygen atoms in total. The summed E-state index contributed by atoms with van der Waals surface area (Å²) in [6, 6.07) is 0. The number of rotatable bonds is 0. The number of piperidine rings is 1. The van der Waals surface area contributed by atoms with Crippen molar-refractivity contribution < 1.29 is 5.11 Å². The van der Waals surface area contributed by atoms with Crippen LogP contribution in [0.15, 0.2) is 0 Å². The highest BCUT2D eigenvalue weighted by Crippen LogP contribution is 2.33. The van der Waals surface area contributed by atoms with Crippen LogP contribution >= 0.6 is 0 Å². The van der Waals surface area contributed by atoms with Crippen molar-refractivity contribution in [3.05, 3.63) is 0 Å². The van der Waals surface area contributed by atoms with Gasteiger partial charge >= 0.3 is 0 Å². The van der Waals surface area contributed by atoms with Gasteiger partial charge in [0, 0.05) is 6.54 Å². The van der Waals surface area contributed by atoms with Gasteiger partial charge in [-0.1, -0.05) is 12.8 Å². The number of aliphatic hydroxyl groups excluding tert-OH is 1. The van der Waals surface area contributed by atoms with Crippen LogP contribution in [0.5, 0.6) is 0 Å². The van der Waals surface area contributed by atoms with Crippen LogP contribution in [0.4, 0.5) is 0 Å². The minimum absolute atomic E-state index is 0.0611. The van der Waals surface area contributed by atoms with Gasteiger partial charge in [0.1, 0.15) is 0 Å². The maximum atomic E-state index is 9.64. The lowest BCUT2D eigenvalue weighted by atomic mass is 9.74. The van der Waals surface area contributed by atoms with Gasteiger partial charge < -0.3 is 10.4 Å². The zero-order chi connectivity index (χ0) is 7.68. The number of fused-ring (bicyclic) bond motifs is 1. The van der Waals surface area contributed by atoms with Crippen molar-refractivity contribution in [3.63, 3.8) is 0 Å². The van der Waals surface area contributed by atoms with Crippen molar-refractivity contribution in [2.24, 2.45) is 11.8 Å². The van der Waals surface area contributed by atoms with Gasteiger partial charge in [-0.2, -0.15) is 0 Å². The second-order valence-corrected chi connectivity index (χ2v) is 3.93. The molecule has 0 aromatic heterocycles. The van der Waals surface area contributed by atoms with E-state index in [9.17, 15) is 5.11 Å². The summed E-state index contributed by atoms with van der Waals surface area (Å²) in [6.45, 7) is 1.96. The summed E-state index contributed by atoms with van der Waals surface area (Å²) in [5.74, 6) is 1.39. The highest BCUT2D eigenvalue weighted by atomic mass is 16.3. The Balaban J connectivity index is 1.99. The van der Waals surface area contributed by atoms with Crippen molar-refractivity contribution in [3.8, 4) is 0 Å². The molecular formula is C9H17NO. The molecule has 0 radical (unpaired) electrons. The molecule has 0 spiro atoms. The highest BCUT2D eigenvalue weighted by Gasteiger charge is 2.33. The van der Waals surface area contributed by atoms with Crippen molar-refractivity contribution in [1.29, 1.82) is 0 Å². The third kappa shape index (κ3) is 1.42. The van der Waals surface area contributed by atoms with Gasteiger partial charge in [-0.3, -0.25) is 0 Å². The second-order valence-electron chi connectivity index (χ2n) is 3.93. The van der Waals surface area contributed by atoms with E-state index in [0.29, 0.717) is 5.92 Å². The first-order valence-electron chi connectivity index (χ1n) is 4.76. The molecule has 2 heteroatoms. The normalized spacial score (nSPS) is 45.0. The fourth-order valence-electron chi connectivity index (χ4n) is 2.56. The lowest BCUT2D eigenvalue weighted by molar-refractivity contribution is 0.0227. The molecule has 3 unspecified atom stereocenters. The lowest BCUT2D eigenvalue weighted by Crippen LogP contribution is -2.47. The van der Waals surface area contributed by atoms with E-state index >= 15 is 0 Å². The first-order valence-corrected chi connectivity index (χ1v) is 4.76. The Morgan fingerprint density at radius 1 is 1.09 bits per heavy atom. The molecule has 64 valence electrons. The van der Waals surface area contributed by atoms with Crippen LogP contribution in [0.1, 0.15) is 25.7 Å². The standard InChI is InChI=1S/C9H17NO/c11-9-6-10-5-7-3-1-2-4-8(7)9/h7-11H,1-6H2. The maximum absolute atomic E-state index is 9.64. The van der Waals surface area contributed by atoms with Gasteiger partial charge in [-0.05, 0) is 31.2 Å². The Morgan fingerprint density at radius 3 is 2.73 bits per heavy atom. The number of nitrogens with one attached hydrogen (secondary N) is 1. The van der Waals surface area contributed by atoms with E-state index in [1.807, 2.05) is 0 Å². The zero-order valence-electron chi connectivity index (χ0n) is 6.92. The predicted octanol–water partition coefficient (Wildman–Crippen LogP) is 0.757. The van der Waals surface area contributed by atoms with Gasteiger partial charge in [-0.15, -0.1) is 0 Å².